The number of aromatic amines is 1. The Labute approximate surface area is 194 Å². The van der Waals surface area contributed by atoms with Gasteiger partial charge in [-0.05, 0) is 47.3 Å². The van der Waals surface area contributed by atoms with Gasteiger partial charge in [0.2, 0.25) is 11.6 Å². The van der Waals surface area contributed by atoms with E-state index in [-0.39, 0.29) is 5.69 Å². The summed E-state index contributed by atoms with van der Waals surface area (Å²) in [5, 5.41) is 0.816. The lowest BCUT2D eigenvalue weighted by atomic mass is 9.96. The number of carbonyl (C=O) groups excluding carboxylic acids is 1. The number of methoxy groups -OCH3 is 4. The number of hydrogen-bond donors (Lipinski definition) is 1. The summed E-state index contributed by atoms with van der Waals surface area (Å²) in [4.78, 5) is 32.4. The van der Waals surface area contributed by atoms with Gasteiger partial charge in [-0.15, -0.1) is 0 Å². The van der Waals surface area contributed by atoms with Crippen LogP contribution in [0, 0.1) is 0 Å². The molecule has 2 heterocycles. The van der Waals surface area contributed by atoms with Crippen LogP contribution in [0.2, 0.25) is 0 Å². The standard InChI is InChI=1S/C25H22N2O7/c1-30-18-11-14(12-19(31-2)23(18)32-3)21-16-9-8-15(34-20-7-5-6-10-26-20)13-17(16)24(28)27-22(21)25(29)33-4/h5-13H,1-4H3,(H,27,28). The number of benzene rings is 2. The fourth-order valence-corrected chi connectivity index (χ4v) is 3.68. The minimum absolute atomic E-state index is 0.00679. The molecule has 0 unspecified atom stereocenters. The highest BCUT2D eigenvalue weighted by Crippen LogP contribution is 2.43. The topological polar surface area (TPSA) is 109 Å². The van der Waals surface area contributed by atoms with Gasteiger partial charge < -0.3 is 28.7 Å². The van der Waals surface area contributed by atoms with Crippen molar-refractivity contribution in [3.05, 3.63) is 70.8 Å². The summed E-state index contributed by atoms with van der Waals surface area (Å²) in [6.45, 7) is 0. The van der Waals surface area contributed by atoms with Gasteiger partial charge in [-0.3, -0.25) is 4.79 Å². The van der Waals surface area contributed by atoms with Crippen LogP contribution in [0.25, 0.3) is 21.9 Å². The van der Waals surface area contributed by atoms with E-state index in [1.165, 1.54) is 28.4 Å². The van der Waals surface area contributed by atoms with Crippen LogP contribution in [0.4, 0.5) is 0 Å². The lowest BCUT2D eigenvalue weighted by Gasteiger charge is -2.17. The molecule has 2 aromatic heterocycles. The Kier molecular flexibility index (Phi) is 6.35. The average molecular weight is 462 g/mol. The monoisotopic (exact) mass is 462 g/mol. The molecule has 174 valence electrons. The third kappa shape index (κ3) is 4.11. The van der Waals surface area contributed by atoms with Crippen molar-refractivity contribution >= 4 is 16.7 Å². The van der Waals surface area contributed by atoms with Crippen LogP contribution >= 0.6 is 0 Å². The Morgan fingerprint density at radius 3 is 2.21 bits per heavy atom. The van der Waals surface area contributed by atoms with Gasteiger partial charge in [0.05, 0.1) is 33.8 Å². The molecule has 9 heteroatoms. The number of hydrogen-bond acceptors (Lipinski definition) is 8. The fourth-order valence-electron chi connectivity index (χ4n) is 3.68. The first kappa shape index (κ1) is 22.7. The molecule has 4 aromatic rings. The second kappa shape index (κ2) is 9.53. The predicted octanol–water partition coefficient (Wildman–Crippen LogP) is 4.19. The third-order valence-corrected chi connectivity index (χ3v) is 5.20. The second-order valence-electron chi connectivity index (χ2n) is 7.09. The number of fused-ring (bicyclic) bond motifs is 1. The lowest BCUT2D eigenvalue weighted by molar-refractivity contribution is 0.0595. The van der Waals surface area contributed by atoms with E-state index in [9.17, 15) is 9.59 Å². The van der Waals surface area contributed by atoms with Crippen LogP contribution in [0.3, 0.4) is 0 Å². The van der Waals surface area contributed by atoms with Crippen molar-refractivity contribution in [1.29, 1.82) is 0 Å². The Balaban J connectivity index is 1.98. The van der Waals surface area contributed by atoms with Gasteiger partial charge in [-0.25, -0.2) is 9.78 Å². The average Bonchev–Trinajstić information content (AvgIpc) is 2.88. The highest BCUT2D eigenvalue weighted by atomic mass is 16.5. The van der Waals surface area contributed by atoms with Gasteiger partial charge in [-0.1, -0.05) is 6.07 Å². The summed E-state index contributed by atoms with van der Waals surface area (Å²) < 4.78 is 27.1. The molecule has 2 aromatic carbocycles. The van der Waals surface area contributed by atoms with Gasteiger partial charge >= 0.3 is 5.97 Å². The molecule has 0 radical (unpaired) electrons. The SMILES string of the molecule is COC(=O)c1[nH]c(=O)c2cc(Oc3ccccn3)ccc2c1-c1cc(OC)c(OC)c(OC)c1. The summed E-state index contributed by atoms with van der Waals surface area (Å²) >= 11 is 0. The highest BCUT2D eigenvalue weighted by molar-refractivity contribution is 6.07. The number of nitrogens with zero attached hydrogens (tertiary/aromatic N) is 1. The quantitative estimate of drug-likeness (QED) is 0.407. The molecule has 0 spiro atoms. The van der Waals surface area contributed by atoms with Crippen LogP contribution in [-0.4, -0.2) is 44.4 Å². The molecule has 0 amide bonds. The van der Waals surface area contributed by atoms with E-state index in [0.29, 0.717) is 50.8 Å². The number of carbonyl (C=O) groups is 1. The van der Waals surface area contributed by atoms with E-state index in [1.54, 1.807) is 54.7 Å². The van der Waals surface area contributed by atoms with Crippen LogP contribution in [-0.2, 0) is 4.74 Å². The van der Waals surface area contributed by atoms with Crippen molar-refractivity contribution in [3.63, 3.8) is 0 Å². The van der Waals surface area contributed by atoms with Crippen molar-refractivity contribution in [2.45, 2.75) is 0 Å². The smallest absolute Gasteiger partial charge is 0.355 e. The molecule has 0 aliphatic carbocycles. The van der Waals surface area contributed by atoms with E-state index in [0.717, 1.165) is 0 Å². The van der Waals surface area contributed by atoms with E-state index < -0.39 is 11.5 Å². The summed E-state index contributed by atoms with van der Waals surface area (Å²) in [5.74, 6) is 1.28. The van der Waals surface area contributed by atoms with Crippen LogP contribution in [0.1, 0.15) is 10.5 Å². The molecule has 0 atom stereocenters. The molecule has 0 saturated carbocycles. The molecule has 0 aliphatic heterocycles. The number of aromatic nitrogens is 2. The van der Waals surface area contributed by atoms with Crippen LogP contribution in [0.5, 0.6) is 28.9 Å². The van der Waals surface area contributed by atoms with E-state index in [4.69, 9.17) is 23.7 Å². The van der Waals surface area contributed by atoms with E-state index in [1.807, 2.05) is 0 Å². The molecule has 0 fully saturated rings. The Morgan fingerprint density at radius 2 is 1.62 bits per heavy atom. The number of pyridine rings is 2. The fraction of sp³-hybridized carbons (Fsp3) is 0.160. The van der Waals surface area contributed by atoms with Gasteiger partial charge in [0.1, 0.15) is 11.4 Å². The van der Waals surface area contributed by atoms with Crippen molar-refractivity contribution in [3.8, 4) is 40.0 Å². The zero-order chi connectivity index (χ0) is 24.2. The number of esters is 1. The molecule has 1 N–H and O–H groups in total. The van der Waals surface area contributed by atoms with Gasteiger partial charge in [0, 0.05) is 17.8 Å². The Morgan fingerprint density at radius 1 is 0.882 bits per heavy atom. The van der Waals surface area contributed by atoms with Crippen molar-refractivity contribution in [1.82, 2.24) is 9.97 Å². The molecule has 9 nitrogen and oxygen atoms in total. The number of nitrogens with one attached hydrogen (secondary N) is 1. The van der Waals surface area contributed by atoms with Crippen molar-refractivity contribution in [2.24, 2.45) is 0 Å². The molecule has 0 saturated heterocycles. The maximum Gasteiger partial charge on any atom is 0.355 e. The summed E-state index contributed by atoms with van der Waals surface area (Å²) in [6.07, 6.45) is 1.61. The Hall–Kier alpha value is -4.53. The molecule has 4 rings (SSSR count). The van der Waals surface area contributed by atoms with Crippen LogP contribution in [0.15, 0.2) is 59.5 Å². The molecular weight excluding hydrogens is 440 g/mol. The van der Waals surface area contributed by atoms with Crippen molar-refractivity contribution < 1.29 is 28.5 Å². The maximum atomic E-state index is 13.0. The van der Waals surface area contributed by atoms with E-state index in [2.05, 4.69) is 9.97 Å². The molecule has 34 heavy (non-hydrogen) atoms. The van der Waals surface area contributed by atoms with Crippen LogP contribution < -0.4 is 24.5 Å². The molecule has 0 bridgehead atoms. The summed E-state index contributed by atoms with van der Waals surface area (Å²) in [5.41, 5.74) is 0.505. The third-order valence-electron chi connectivity index (χ3n) is 5.20. The normalized spacial score (nSPS) is 10.6. The largest absolute Gasteiger partial charge is 0.493 e. The zero-order valence-corrected chi connectivity index (χ0v) is 19.0. The number of H-pyrrole nitrogens is 1. The van der Waals surface area contributed by atoms with Gasteiger partial charge in [-0.2, -0.15) is 0 Å². The van der Waals surface area contributed by atoms with Gasteiger partial charge in [0.15, 0.2) is 11.5 Å². The van der Waals surface area contributed by atoms with Gasteiger partial charge in [0.25, 0.3) is 5.56 Å². The minimum Gasteiger partial charge on any atom is -0.493 e. The first-order chi connectivity index (χ1) is 16.5. The summed E-state index contributed by atoms with van der Waals surface area (Å²) in [6, 6.07) is 13.6. The number of ether oxygens (including phenoxy) is 5. The number of rotatable bonds is 7. The highest BCUT2D eigenvalue weighted by Gasteiger charge is 2.23. The zero-order valence-electron chi connectivity index (χ0n) is 19.0. The second-order valence-corrected chi connectivity index (χ2v) is 7.09. The minimum atomic E-state index is -0.698. The first-order valence-corrected chi connectivity index (χ1v) is 10.2. The Bertz CT molecular complexity index is 1390. The first-order valence-electron chi connectivity index (χ1n) is 10.2. The van der Waals surface area contributed by atoms with E-state index >= 15 is 0 Å². The predicted molar refractivity (Wildman–Crippen MR) is 125 cm³/mol. The summed E-state index contributed by atoms with van der Waals surface area (Å²) in [7, 11) is 5.73. The molecular formula is C25H22N2O7. The lowest BCUT2D eigenvalue weighted by Crippen LogP contribution is -2.16. The maximum absolute atomic E-state index is 13.0. The van der Waals surface area contributed by atoms with Crippen molar-refractivity contribution in [2.75, 3.05) is 28.4 Å². The molecule has 0 aliphatic rings.